The first-order valence-corrected chi connectivity index (χ1v) is 9.75. The van der Waals surface area contributed by atoms with E-state index in [1.807, 2.05) is 0 Å². The van der Waals surface area contributed by atoms with Crippen LogP contribution in [0.5, 0.6) is 0 Å². The van der Waals surface area contributed by atoms with Crippen LogP contribution in [0, 0.1) is 5.92 Å². The first-order valence-electron chi connectivity index (χ1n) is 9.75. The van der Waals surface area contributed by atoms with Crippen molar-refractivity contribution < 1.29 is 13.2 Å². The second-order valence-electron chi connectivity index (χ2n) is 7.11. The molecule has 0 amide bonds. The zero-order valence-corrected chi connectivity index (χ0v) is 16.3. The average molecular weight is 384 g/mol. The van der Waals surface area contributed by atoms with Crippen LogP contribution in [0.1, 0.15) is 37.3 Å². The van der Waals surface area contributed by atoms with Gasteiger partial charge < -0.3 is 15.5 Å². The van der Waals surface area contributed by atoms with Crippen LogP contribution in [-0.4, -0.2) is 50.6 Å². The third-order valence-electron chi connectivity index (χ3n) is 5.02. The lowest BCUT2D eigenvalue weighted by Crippen LogP contribution is -2.43. The molecule has 0 atom stereocenters. The highest BCUT2D eigenvalue weighted by molar-refractivity contribution is 5.79. The maximum atomic E-state index is 12.6. The first-order chi connectivity index (χ1) is 12.9. The van der Waals surface area contributed by atoms with Crippen molar-refractivity contribution in [1.82, 2.24) is 15.5 Å². The Balaban J connectivity index is 1.67. The standard InChI is InChI=1S/C20H31F3N4/c1-3-12-27-13-9-17(10-14-27)15-26-19(24-2)25-11-8-16-4-6-18(7-5-16)20(21,22)23/h4-7,17H,3,8-15H2,1-2H3,(H2,24,25,26). The largest absolute Gasteiger partial charge is 0.416 e. The lowest BCUT2D eigenvalue weighted by Gasteiger charge is -2.32. The summed E-state index contributed by atoms with van der Waals surface area (Å²) in [4.78, 5) is 6.75. The summed E-state index contributed by atoms with van der Waals surface area (Å²) in [5.74, 6) is 1.41. The summed E-state index contributed by atoms with van der Waals surface area (Å²) in [6.07, 6.45) is -0.0207. The molecule has 1 aliphatic heterocycles. The molecule has 0 spiro atoms. The zero-order valence-electron chi connectivity index (χ0n) is 16.3. The van der Waals surface area contributed by atoms with Crippen LogP contribution < -0.4 is 10.6 Å². The van der Waals surface area contributed by atoms with Gasteiger partial charge in [-0.05, 0) is 68.9 Å². The molecule has 152 valence electrons. The molecule has 1 heterocycles. The number of likely N-dealkylation sites (tertiary alicyclic amines) is 1. The summed E-state index contributed by atoms with van der Waals surface area (Å²) in [6, 6.07) is 5.33. The SMILES string of the molecule is CCCN1CCC(CNC(=NC)NCCc2ccc(C(F)(F)F)cc2)CC1. The van der Waals surface area contributed by atoms with E-state index in [-0.39, 0.29) is 0 Å². The molecule has 2 rings (SSSR count). The van der Waals surface area contributed by atoms with Crippen LogP contribution in [0.4, 0.5) is 13.2 Å². The number of hydrogen-bond acceptors (Lipinski definition) is 2. The van der Waals surface area contributed by atoms with Crippen LogP contribution >= 0.6 is 0 Å². The minimum atomic E-state index is -4.28. The fourth-order valence-electron chi connectivity index (χ4n) is 3.38. The molecule has 0 aromatic heterocycles. The molecule has 1 aromatic rings. The number of alkyl halides is 3. The third-order valence-corrected chi connectivity index (χ3v) is 5.02. The van der Waals surface area contributed by atoms with Gasteiger partial charge >= 0.3 is 6.18 Å². The van der Waals surface area contributed by atoms with E-state index in [0.29, 0.717) is 18.9 Å². The number of halogens is 3. The fraction of sp³-hybridized carbons (Fsp3) is 0.650. The quantitative estimate of drug-likeness (QED) is 0.558. The van der Waals surface area contributed by atoms with Gasteiger partial charge in [0.25, 0.3) is 0 Å². The van der Waals surface area contributed by atoms with Gasteiger partial charge in [0.1, 0.15) is 0 Å². The Labute approximate surface area is 160 Å². The lowest BCUT2D eigenvalue weighted by molar-refractivity contribution is -0.137. The molecule has 4 nitrogen and oxygen atoms in total. The van der Waals surface area contributed by atoms with Crippen molar-refractivity contribution in [2.75, 3.05) is 39.8 Å². The molecule has 27 heavy (non-hydrogen) atoms. The van der Waals surface area contributed by atoms with Gasteiger partial charge in [0.05, 0.1) is 5.56 Å². The van der Waals surface area contributed by atoms with Crippen molar-refractivity contribution in [3.05, 3.63) is 35.4 Å². The lowest BCUT2D eigenvalue weighted by atomic mass is 9.97. The molecule has 0 aliphatic carbocycles. The molecular weight excluding hydrogens is 353 g/mol. The summed E-state index contributed by atoms with van der Waals surface area (Å²) >= 11 is 0. The summed E-state index contributed by atoms with van der Waals surface area (Å²) < 4.78 is 37.7. The van der Waals surface area contributed by atoms with Gasteiger partial charge in [0.2, 0.25) is 0 Å². The van der Waals surface area contributed by atoms with E-state index >= 15 is 0 Å². The second-order valence-corrected chi connectivity index (χ2v) is 7.11. The Morgan fingerprint density at radius 3 is 2.37 bits per heavy atom. The van der Waals surface area contributed by atoms with E-state index in [4.69, 9.17) is 0 Å². The molecule has 0 radical (unpaired) electrons. The highest BCUT2D eigenvalue weighted by Gasteiger charge is 2.29. The van der Waals surface area contributed by atoms with Crippen molar-refractivity contribution in [3.63, 3.8) is 0 Å². The van der Waals surface area contributed by atoms with Crippen molar-refractivity contribution in [1.29, 1.82) is 0 Å². The zero-order chi connectivity index (χ0) is 19.7. The Hall–Kier alpha value is -1.76. The number of nitrogens with zero attached hydrogens (tertiary/aromatic N) is 2. The van der Waals surface area contributed by atoms with Gasteiger partial charge in [-0.3, -0.25) is 4.99 Å². The number of aliphatic imine (C=N–C) groups is 1. The van der Waals surface area contributed by atoms with Crippen LogP contribution in [-0.2, 0) is 12.6 Å². The van der Waals surface area contributed by atoms with E-state index in [1.165, 1.54) is 51.0 Å². The minimum Gasteiger partial charge on any atom is -0.356 e. The first kappa shape index (κ1) is 21.5. The van der Waals surface area contributed by atoms with Gasteiger partial charge in [-0.1, -0.05) is 19.1 Å². The van der Waals surface area contributed by atoms with Crippen molar-refractivity contribution in [2.45, 2.75) is 38.8 Å². The molecular formula is C20H31F3N4. The van der Waals surface area contributed by atoms with Crippen molar-refractivity contribution >= 4 is 5.96 Å². The predicted molar refractivity (Wildman–Crippen MR) is 104 cm³/mol. The van der Waals surface area contributed by atoms with Crippen LogP contribution in [0.15, 0.2) is 29.3 Å². The Morgan fingerprint density at radius 1 is 1.15 bits per heavy atom. The van der Waals surface area contributed by atoms with Gasteiger partial charge in [-0.25, -0.2) is 0 Å². The highest BCUT2D eigenvalue weighted by atomic mass is 19.4. The van der Waals surface area contributed by atoms with Crippen LogP contribution in [0.3, 0.4) is 0 Å². The van der Waals surface area contributed by atoms with Crippen molar-refractivity contribution in [3.8, 4) is 0 Å². The molecule has 0 saturated carbocycles. The summed E-state index contributed by atoms with van der Waals surface area (Å²) in [5, 5.41) is 6.61. The number of piperidine rings is 1. The number of benzene rings is 1. The molecule has 1 aromatic carbocycles. The predicted octanol–water partition coefficient (Wildman–Crippen LogP) is 3.53. The molecule has 1 aliphatic rings. The average Bonchev–Trinajstić information content (AvgIpc) is 2.65. The maximum Gasteiger partial charge on any atom is 0.416 e. The summed E-state index contributed by atoms with van der Waals surface area (Å²) in [7, 11) is 1.73. The van der Waals surface area contributed by atoms with Crippen LogP contribution in [0.25, 0.3) is 0 Å². The van der Waals surface area contributed by atoms with Gasteiger partial charge in [0, 0.05) is 20.1 Å². The molecule has 0 bridgehead atoms. The summed E-state index contributed by atoms with van der Waals surface area (Å²) in [6.45, 7) is 7.27. The minimum absolute atomic E-state index is 0.610. The van der Waals surface area contributed by atoms with Crippen molar-refractivity contribution in [2.24, 2.45) is 10.9 Å². The number of hydrogen-bond donors (Lipinski definition) is 2. The molecule has 1 saturated heterocycles. The second kappa shape index (κ2) is 10.5. The van der Waals surface area contributed by atoms with Crippen LogP contribution in [0.2, 0.25) is 0 Å². The van der Waals surface area contributed by atoms with Gasteiger partial charge in [-0.15, -0.1) is 0 Å². The van der Waals surface area contributed by atoms with Gasteiger partial charge in [-0.2, -0.15) is 13.2 Å². The molecule has 0 unspecified atom stereocenters. The number of nitrogens with one attached hydrogen (secondary N) is 2. The highest BCUT2D eigenvalue weighted by Crippen LogP contribution is 2.29. The normalized spacial score (nSPS) is 17.1. The summed E-state index contributed by atoms with van der Waals surface area (Å²) in [5.41, 5.74) is 0.260. The van der Waals surface area contributed by atoms with E-state index in [2.05, 4.69) is 27.4 Å². The van der Waals surface area contributed by atoms with Gasteiger partial charge in [0.15, 0.2) is 5.96 Å². The van der Waals surface area contributed by atoms with E-state index < -0.39 is 11.7 Å². The van der Waals surface area contributed by atoms with E-state index in [9.17, 15) is 13.2 Å². The monoisotopic (exact) mass is 384 g/mol. The van der Waals surface area contributed by atoms with E-state index in [0.717, 1.165) is 30.2 Å². The third kappa shape index (κ3) is 7.40. The smallest absolute Gasteiger partial charge is 0.356 e. The Morgan fingerprint density at radius 2 is 1.81 bits per heavy atom. The molecule has 7 heteroatoms. The number of guanidine groups is 1. The fourth-order valence-corrected chi connectivity index (χ4v) is 3.38. The Kier molecular flexibility index (Phi) is 8.41. The van der Waals surface area contributed by atoms with E-state index in [1.54, 1.807) is 7.05 Å². The number of rotatable bonds is 7. The Bertz CT molecular complexity index is 576. The topological polar surface area (TPSA) is 39.7 Å². The maximum absolute atomic E-state index is 12.6. The molecule has 2 N–H and O–H groups in total. The molecule has 1 fully saturated rings.